The summed E-state index contributed by atoms with van der Waals surface area (Å²) >= 11 is 13.2. The number of aryl methyl sites for hydroxylation is 3. The Kier molecular flexibility index (Phi) is 29.3. The number of ether oxygens (including phenoxy) is 5. The lowest BCUT2D eigenvalue weighted by molar-refractivity contribution is 0.0139. The number of fused-ring (bicyclic) bond motifs is 15. The van der Waals surface area contributed by atoms with Crippen molar-refractivity contribution in [3.05, 3.63) is 317 Å². The maximum atomic E-state index is 12.2. The average Bonchev–Trinajstić information content (AvgIpc) is 0.812. The van der Waals surface area contributed by atoms with E-state index in [0.29, 0.717) is 72.5 Å². The number of benzene rings is 12. The maximum absolute atomic E-state index is 12.2. The number of hydrogen-bond donors (Lipinski definition) is 7. The molecule has 3 saturated heterocycles. The van der Waals surface area contributed by atoms with Crippen molar-refractivity contribution < 1.29 is 86.3 Å². The minimum Gasteiger partial charge on any atom is -0.508 e. The molecule has 0 unspecified atom stereocenters. The highest BCUT2D eigenvalue weighted by Gasteiger charge is 2.20. The van der Waals surface area contributed by atoms with Crippen LogP contribution in [0.1, 0.15) is 65.6 Å². The number of rotatable bonds is 5. The minimum atomic E-state index is -0.927. The van der Waals surface area contributed by atoms with Gasteiger partial charge in [0.25, 0.3) is 0 Å². The Morgan fingerprint density at radius 2 is 0.593 bits per heavy atom. The van der Waals surface area contributed by atoms with Crippen molar-refractivity contribution in [2.45, 2.75) is 77.6 Å². The summed E-state index contributed by atoms with van der Waals surface area (Å²) < 4.78 is 57.5. The van der Waals surface area contributed by atoms with Crippen LogP contribution < -0.4 is 37.6 Å². The molecule has 0 radical (unpaired) electrons. The van der Waals surface area contributed by atoms with Gasteiger partial charge in [-0.3, -0.25) is 0 Å². The van der Waals surface area contributed by atoms with Crippen LogP contribution in [0.2, 0.25) is 0 Å². The molecule has 12 aromatic carbocycles. The quantitative estimate of drug-likeness (QED) is 0.0621. The topological polar surface area (TPSA) is 356 Å². The van der Waals surface area contributed by atoms with Crippen LogP contribution in [-0.4, -0.2) is 99.7 Å². The van der Waals surface area contributed by atoms with Gasteiger partial charge < -0.3 is 81.5 Å². The molecule has 123 heavy (non-hydrogen) atoms. The normalized spacial score (nSPS) is 13.5. The van der Waals surface area contributed by atoms with E-state index in [1.807, 2.05) is 112 Å². The van der Waals surface area contributed by atoms with Crippen molar-refractivity contribution >= 4 is 178 Å². The zero-order chi connectivity index (χ0) is 87.1. The summed E-state index contributed by atoms with van der Waals surface area (Å²) in [6.45, 7) is 10.3. The Morgan fingerprint density at radius 1 is 0.309 bits per heavy atom. The van der Waals surface area contributed by atoms with E-state index in [9.17, 15) is 44.1 Å². The van der Waals surface area contributed by atoms with Crippen LogP contribution in [0.4, 0.5) is 0 Å². The molecule has 23 nitrogen and oxygen atoms in total. The van der Waals surface area contributed by atoms with Gasteiger partial charge in [-0.25, -0.2) is 28.8 Å². The fourth-order valence-corrected chi connectivity index (χ4v) is 15.7. The lowest BCUT2D eigenvalue weighted by Crippen LogP contribution is -2.25. The molecule has 0 bridgehead atoms. The molecule has 8 heterocycles. The molecule has 5 aromatic heterocycles. The number of aromatic hydroxyl groups is 5. The SMILES string of the molecule is Cc1ccc2c(c1)oc(=O)c1ccc(Br)cc12.Cc1ccc2c(c1)oc(=O)c1ccc(O)cc12.Cc1ccc2c(c1)oc(=O)c1ccc(OC3CCOCC3)cc12.O=C(O)c1ccc(Br)cc1Br.O=c1oc2cc(O)ccc2c2cc(Br)ccc12.O=c1oc2cc(O)ccc2c2cc(OC3CCOCC3)ccc12.OC1CCOCC1.Oc1cccc(O)c1. The molecule has 17 aromatic rings. The first-order valence-electron chi connectivity index (χ1n) is 38.9. The molecule has 0 aliphatic carbocycles. The Labute approximate surface area is 733 Å². The molecular weight excluding hydrogens is 1840 g/mol. The van der Waals surface area contributed by atoms with Crippen molar-refractivity contribution in [2.75, 3.05) is 39.6 Å². The third-order valence-electron chi connectivity index (χ3n) is 20.0. The van der Waals surface area contributed by atoms with Gasteiger partial charge in [-0.15, -0.1) is 0 Å². The lowest BCUT2D eigenvalue weighted by Gasteiger charge is -2.23. The summed E-state index contributed by atoms with van der Waals surface area (Å²) in [5, 5.41) is 74.3. The Morgan fingerprint density at radius 3 is 0.927 bits per heavy atom. The van der Waals surface area contributed by atoms with E-state index in [1.54, 1.807) is 91.0 Å². The number of phenols is 5. The highest BCUT2D eigenvalue weighted by Crippen LogP contribution is 2.35. The molecule has 3 aliphatic rings. The second-order valence-corrected chi connectivity index (χ2v) is 32.6. The summed E-state index contributed by atoms with van der Waals surface area (Å²) in [4.78, 5) is 70.1. The van der Waals surface area contributed by atoms with Gasteiger partial charge in [0, 0.05) is 129 Å². The number of carboxylic acid groups (broad SMARTS) is 1. The van der Waals surface area contributed by atoms with Crippen LogP contribution in [-0.2, 0) is 14.2 Å². The van der Waals surface area contributed by atoms with E-state index >= 15 is 0 Å². The maximum Gasteiger partial charge on any atom is 0.344 e. The van der Waals surface area contributed by atoms with Crippen LogP contribution in [0.25, 0.3) is 109 Å². The van der Waals surface area contributed by atoms with Gasteiger partial charge in [0.15, 0.2) is 0 Å². The molecule has 0 saturated carbocycles. The molecule has 630 valence electrons. The van der Waals surface area contributed by atoms with Crippen molar-refractivity contribution in [3.8, 4) is 40.2 Å². The van der Waals surface area contributed by atoms with Gasteiger partial charge in [0.1, 0.15) is 80.4 Å². The number of aliphatic hydroxyl groups is 1. The van der Waals surface area contributed by atoms with Crippen LogP contribution >= 0.6 is 63.7 Å². The molecule has 3 aliphatic heterocycles. The first-order chi connectivity index (χ1) is 59.1. The first kappa shape index (κ1) is 88.6. The Balaban J connectivity index is 0.000000124. The zero-order valence-corrected chi connectivity index (χ0v) is 72.6. The van der Waals surface area contributed by atoms with Crippen LogP contribution in [0.5, 0.6) is 40.2 Å². The van der Waals surface area contributed by atoms with E-state index in [2.05, 4.69) is 63.7 Å². The number of aromatic carboxylic acids is 1. The number of hydrogen-bond acceptors (Lipinski definition) is 22. The molecule has 20 rings (SSSR count). The Bertz CT molecular complexity index is 6580. The van der Waals surface area contributed by atoms with Crippen molar-refractivity contribution in [1.82, 2.24) is 0 Å². The van der Waals surface area contributed by atoms with Crippen molar-refractivity contribution in [1.29, 1.82) is 0 Å². The van der Waals surface area contributed by atoms with E-state index in [4.69, 9.17) is 66.2 Å². The van der Waals surface area contributed by atoms with Crippen molar-refractivity contribution in [3.63, 3.8) is 0 Å². The summed E-state index contributed by atoms with van der Waals surface area (Å²) in [6, 6.07) is 64.3. The highest BCUT2D eigenvalue weighted by atomic mass is 79.9. The zero-order valence-electron chi connectivity index (χ0n) is 66.3. The molecule has 0 spiro atoms. The van der Waals surface area contributed by atoms with Crippen LogP contribution in [0.15, 0.2) is 288 Å². The van der Waals surface area contributed by atoms with Gasteiger partial charge >= 0.3 is 34.1 Å². The predicted molar refractivity (Wildman–Crippen MR) is 488 cm³/mol. The lowest BCUT2D eigenvalue weighted by atomic mass is 10.1. The molecule has 27 heteroatoms. The van der Waals surface area contributed by atoms with Crippen LogP contribution in [0.3, 0.4) is 0 Å². The number of phenolic OH excluding ortho intramolecular Hbond substituents is 5. The molecule has 3 fully saturated rings. The highest BCUT2D eigenvalue weighted by molar-refractivity contribution is 9.11. The summed E-state index contributed by atoms with van der Waals surface area (Å²) in [5.74, 6) is 1.05. The van der Waals surface area contributed by atoms with E-state index in [-0.39, 0.29) is 69.5 Å². The minimum absolute atomic E-state index is 0.0645. The summed E-state index contributed by atoms with van der Waals surface area (Å²) in [5.41, 5.74) is 4.21. The van der Waals surface area contributed by atoms with Gasteiger partial charge in [0.05, 0.1) is 65.0 Å². The average molecular weight is 1920 g/mol. The number of halogens is 4. The van der Waals surface area contributed by atoms with Gasteiger partial charge in [0.2, 0.25) is 0 Å². The van der Waals surface area contributed by atoms with Crippen molar-refractivity contribution in [2.24, 2.45) is 0 Å². The third kappa shape index (κ3) is 22.8. The monoisotopic (exact) mass is 1920 g/mol. The van der Waals surface area contributed by atoms with E-state index in [1.165, 1.54) is 42.5 Å². The number of aliphatic hydroxyl groups excluding tert-OH is 1. The smallest absolute Gasteiger partial charge is 0.344 e. The first-order valence-corrected chi connectivity index (χ1v) is 42.0. The summed E-state index contributed by atoms with van der Waals surface area (Å²) in [7, 11) is 0. The fraction of sp³-hybridized carbons (Fsp3) is 0.188. The Hall–Kier alpha value is -12.2. The number of carboxylic acids is 1. The summed E-state index contributed by atoms with van der Waals surface area (Å²) in [6.07, 6.45) is 5.39. The standard InChI is InChI=1S/C19H18O4.C18H16O5.C14H9BrO2.C14H10O3.C13H7BrO3.C7H4Br2O2.C6H6O2.C5H10O2/c1-12-2-4-15-17-11-14(22-13-6-8-21-9-7-13)3-5-16(17)19(20)23-18(15)10-12;19-11-1-3-14-16-10-13(22-12-5-7-21-8-6-12)2-4-15(16)18(20)23-17(14)9-11;2*1-8-2-4-10-12-7-9(15)3-5-11(12)14(16)17-13(10)6-8;14-7-1-3-10-11(5-7)9-4-2-8(15)6-12(9)17-13(10)16;8-4-1-2-5(7(10)11)6(9)3-4;7-5-2-1-3-6(8)4-5;6-5-1-3-7-4-2-5/h2-5,10-11,13H,6-9H2,1H3;1-4,9-10,12,19H,5-8H2;2-7H,1H3;2-7,15H,1H3;1-6,15H;1-3H,(H,10,11);1-4,7-8H;5-6H,1-4H2. The van der Waals surface area contributed by atoms with Gasteiger partial charge in [-0.05, 0) is 230 Å². The van der Waals surface area contributed by atoms with Gasteiger partial charge in [-0.2, -0.15) is 0 Å². The van der Waals surface area contributed by atoms with Gasteiger partial charge in [-0.1, -0.05) is 90.3 Å². The molecular formula is C96H80Br4O23. The largest absolute Gasteiger partial charge is 0.508 e. The second-order valence-electron chi connectivity index (χ2n) is 29.0. The molecule has 7 N–H and O–H groups in total. The number of carbonyl (C=O) groups is 1. The van der Waals surface area contributed by atoms with E-state index in [0.717, 1.165) is 160 Å². The third-order valence-corrected chi connectivity index (χ3v) is 22.1. The second kappa shape index (κ2) is 40.7. The van der Waals surface area contributed by atoms with E-state index < -0.39 is 17.2 Å². The molecule has 0 amide bonds. The predicted octanol–water partition coefficient (Wildman–Crippen LogP) is 21.6. The fourth-order valence-electron chi connectivity index (χ4n) is 13.8. The molecule has 0 atom stereocenters. The van der Waals surface area contributed by atoms with Crippen LogP contribution in [0, 0.1) is 20.8 Å².